The summed E-state index contributed by atoms with van der Waals surface area (Å²) in [6.07, 6.45) is 2.55. The average molecular weight is 520 g/mol. The number of para-hydroxylation sites is 3. The molecule has 6 nitrogen and oxygen atoms in total. The van der Waals surface area contributed by atoms with E-state index in [9.17, 15) is 4.79 Å². The zero-order valence-electron chi connectivity index (χ0n) is 21.5. The van der Waals surface area contributed by atoms with Crippen LogP contribution in [0.1, 0.15) is 44.0 Å². The van der Waals surface area contributed by atoms with Gasteiger partial charge in [0.05, 0.1) is 17.6 Å². The molecule has 1 amide bonds. The number of amides is 1. The van der Waals surface area contributed by atoms with E-state index in [1.807, 2.05) is 30.3 Å². The number of fused-ring (bicyclic) bond motifs is 1. The number of aromatic nitrogens is 2. The highest BCUT2D eigenvalue weighted by molar-refractivity contribution is 6.30. The van der Waals surface area contributed by atoms with E-state index in [0.717, 1.165) is 42.0 Å². The second-order valence-corrected chi connectivity index (χ2v) is 9.70. The molecule has 0 bridgehead atoms. The number of rotatable bonds is 13. The maximum Gasteiger partial charge on any atom is 0.257 e. The van der Waals surface area contributed by atoms with Gasteiger partial charge in [-0.3, -0.25) is 4.79 Å². The third kappa shape index (κ3) is 7.49. The molecule has 194 valence electrons. The molecule has 0 unspecified atom stereocenters. The molecule has 4 aromatic rings. The highest BCUT2D eigenvalue weighted by Gasteiger charge is 2.12. The van der Waals surface area contributed by atoms with Crippen LogP contribution in [0.5, 0.6) is 11.5 Å². The van der Waals surface area contributed by atoms with Crippen molar-refractivity contribution in [2.75, 3.05) is 19.8 Å². The fraction of sp³-hybridized carbons (Fsp3) is 0.333. The molecule has 4 rings (SSSR count). The van der Waals surface area contributed by atoms with E-state index in [1.165, 1.54) is 5.56 Å². The van der Waals surface area contributed by atoms with Gasteiger partial charge < -0.3 is 19.4 Å². The number of halogens is 1. The minimum absolute atomic E-state index is 0.0437. The van der Waals surface area contributed by atoms with E-state index in [2.05, 4.69) is 41.9 Å². The molecule has 7 heteroatoms. The molecule has 37 heavy (non-hydrogen) atoms. The number of hydrogen-bond acceptors (Lipinski definition) is 4. The number of ether oxygens (including phenoxy) is 2. The van der Waals surface area contributed by atoms with Crippen LogP contribution >= 0.6 is 11.6 Å². The molecule has 3 aromatic carbocycles. The summed E-state index contributed by atoms with van der Waals surface area (Å²) < 4.78 is 13.9. The highest BCUT2D eigenvalue weighted by Crippen LogP contribution is 2.26. The Morgan fingerprint density at radius 2 is 1.73 bits per heavy atom. The molecule has 0 saturated heterocycles. The number of imidazole rings is 1. The summed E-state index contributed by atoms with van der Waals surface area (Å²) in [5, 5.41) is 3.56. The Hall–Kier alpha value is -3.51. The molecular formula is C30H34ClN3O3. The lowest BCUT2D eigenvalue weighted by molar-refractivity contribution is -0.123. The molecular weight excluding hydrogens is 486 g/mol. The normalized spacial score (nSPS) is 11.1. The number of carbonyl (C=O) groups is 1. The standard InChI is InChI=1S/C30H34ClN3O3/c1-22(2)25-9-3-6-12-28(25)36-20-8-7-19-34-27-11-5-4-10-26(27)33-29(34)17-18-32-30(35)21-37-24-15-13-23(31)14-16-24/h3-6,9-16,22H,7-8,17-21H2,1-2H3,(H,32,35). The molecule has 0 aliphatic rings. The van der Waals surface area contributed by atoms with Crippen molar-refractivity contribution >= 4 is 28.5 Å². The molecule has 0 aliphatic carbocycles. The van der Waals surface area contributed by atoms with Gasteiger partial charge in [0.2, 0.25) is 0 Å². The van der Waals surface area contributed by atoms with Crippen LogP contribution in [0.3, 0.4) is 0 Å². The second-order valence-electron chi connectivity index (χ2n) is 9.26. The van der Waals surface area contributed by atoms with Crippen LogP contribution in [0.2, 0.25) is 5.02 Å². The third-order valence-corrected chi connectivity index (χ3v) is 6.41. The topological polar surface area (TPSA) is 65.4 Å². The summed E-state index contributed by atoms with van der Waals surface area (Å²) in [6, 6.07) is 23.4. The van der Waals surface area contributed by atoms with Crippen molar-refractivity contribution in [2.24, 2.45) is 0 Å². The van der Waals surface area contributed by atoms with Crippen LogP contribution in [0.25, 0.3) is 11.0 Å². The van der Waals surface area contributed by atoms with Crippen LogP contribution in [-0.4, -0.2) is 35.2 Å². The molecule has 1 N–H and O–H groups in total. The first-order chi connectivity index (χ1) is 18.0. The van der Waals surface area contributed by atoms with Crippen LogP contribution in [-0.2, 0) is 17.8 Å². The van der Waals surface area contributed by atoms with Gasteiger partial charge in [0.25, 0.3) is 5.91 Å². The first-order valence-corrected chi connectivity index (χ1v) is 13.2. The second kappa shape index (κ2) is 13.2. The summed E-state index contributed by atoms with van der Waals surface area (Å²) >= 11 is 5.88. The van der Waals surface area contributed by atoms with E-state index in [0.29, 0.717) is 36.3 Å². The lowest BCUT2D eigenvalue weighted by Crippen LogP contribution is -2.31. The largest absolute Gasteiger partial charge is 0.493 e. The summed E-state index contributed by atoms with van der Waals surface area (Å²) in [6.45, 7) is 6.33. The van der Waals surface area contributed by atoms with Crippen molar-refractivity contribution in [3.05, 3.63) is 89.2 Å². The van der Waals surface area contributed by atoms with Gasteiger partial charge in [-0.1, -0.05) is 55.8 Å². The number of nitrogens with one attached hydrogen (secondary N) is 1. The predicted molar refractivity (Wildman–Crippen MR) is 149 cm³/mol. The summed E-state index contributed by atoms with van der Waals surface area (Å²) in [7, 11) is 0. The number of nitrogens with zero attached hydrogens (tertiary/aromatic N) is 2. The predicted octanol–water partition coefficient (Wildman–Crippen LogP) is 6.41. The van der Waals surface area contributed by atoms with Gasteiger partial charge in [-0.15, -0.1) is 0 Å². The van der Waals surface area contributed by atoms with Crippen LogP contribution < -0.4 is 14.8 Å². The van der Waals surface area contributed by atoms with Crippen LogP contribution in [0, 0.1) is 0 Å². The highest BCUT2D eigenvalue weighted by atomic mass is 35.5. The zero-order valence-corrected chi connectivity index (χ0v) is 22.2. The zero-order chi connectivity index (χ0) is 26.0. The summed E-state index contributed by atoms with van der Waals surface area (Å²) in [5.74, 6) is 2.81. The molecule has 0 saturated carbocycles. The SMILES string of the molecule is CC(C)c1ccccc1OCCCCn1c(CCNC(=O)COc2ccc(Cl)cc2)nc2ccccc21. The first-order valence-electron chi connectivity index (χ1n) is 12.8. The average Bonchev–Trinajstić information content (AvgIpc) is 3.25. The van der Waals surface area contributed by atoms with E-state index >= 15 is 0 Å². The van der Waals surface area contributed by atoms with Crippen molar-refractivity contribution in [1.82, 2.24) is 14.9 Å². The summed E-state index contributed by atoms with van der Waals surface area (Å²) in [5.41, 5.74) is 3.32. The Morgan fingerprint density at radius 1 is 0.973 bits per heavy atom. The number of unbranched alkanes of at least 4 members (excludes halogenated alkanes) is 1. The number of hydrogen-bond donors (Lipinski definition) is 1. The van der Waals surface area contributed by atoms with Gasteiger partial charge in [-0.25, -0.2) is 4.98 Å². The molecule has 0 atom stereocenters. The van der Waals surface area contributed by atoms with Gasteiger partial charge in [0, 0.05) is 24.5 Å². The van der Waals surface area contributed by atoms with E-state index < -0.39 is 0 Å². The van der Waals surface area contributed by atoms with Crippen molar-refractivity contribution < 1.29 is 14.3 Å². The Labute approximate surface area is 223 Å². The molecule has 1 heterocycles. The Morgan fingerprint density at radius 3 is 2.54 bits per heavy atom. The van der Waals surface area contributed by atoms with E-state index in [4.69, 9.17) is 26.1 Å². The molecule has 1 aromatic heterocycles. The lowest BCUT2D eigenvalue weighted by atomic mass is 10.0. The monoisotopic (exact) mass is 519 g/mol. The fourth-order valence-electron chi connectivity index (χ4n) is 4.25. The van der Waals surface area contributed by atoms with Crippen LogP contribution in [0.15, 0.2) is 72.8 Å². The van der Waals surface area contributed by atoms with Crippen molar-refractivity contribution in [1.29, 1.82) is 0 Å². The van der Waals surface area contributed by atoms with Gasteiger partial charge in [0.1, 0.15) is 17.3 Å². The summed E-state index contributed by atoms with van der Waals surface area (Å²) in [4.78, 5) is 17.1. The van der Waals surface area contributed by atoms with Crippen molar-refractivity contribution in [3.8, 4) is 11.5 Å². The maximum absolute atomic E-state index is 12.3. The van der Waals surface area contributed by atoms with Crippen molar-refractivity contribution in [2.45, 2.75) is 45.6 Å². The Bertz CT molecular complexity index is 1300. The molecule has 0 spiro atoms. The maximum atomic E-state index is 12.3. The van der Waals surface area contributed by atoms with Crippen molar-refractivity contribution in [3.63, 3.8) is 0 Å². The minimum atomic E-state index is -0.170. The van der Waals surface area contributed by atoms with Gasteiger partial charge in [-0.2, -0.15) is 0 Å². The van der Waals surface area contributed by atoms with E-state index in [-0.39, 0.29) is 12.5 Å². The number of benzene rings is 3. The molecule has 0 aliphatic heterocycles. The quantitative estimate of drug-likeness (QED) is 0.207. The van der Waals surface area contributed by atoms with E-state index in [1.54, 1.807) is 24.3 Å². The van der Waals surface area contributed by atoms with Gasteiger partial charge in [0.15, 0.2) is 6.61 Å². The van der Waals surface area contributed by atoms with Gasteiger partial charge >= 0.3 is 0 Å². The lowest BCUT2D eigenvalue weighted by Gasteiger charge is -2.14. The smallest absolute Gasteiger partial charge is 0.257 e. The minimum Gasteiger partial charge on any atom is -0.493 e. The Kier molecular flexibility index (Phi) is 9.44. The fourth-order valence-corrected chi connectivity index (χ4v) is 4.38. The third-order valence-electron chi connectivity index (χ3n) is 6.16. The molecule has 0 fully saturated rings. The number of carbonyl (C=O) groups excluding carboxylic acids is 1. The van der Waals surface area contributed by atoms with Crippen LogP contribution in [0.4, 0.5) is 0 Å². The molecule has 0 radical (unpaired) electrons. The number of aryl methyl sites for hydroxylation is 1. The first kappa shape index (κ1) is 26.6. The Balaban J connectivity index is 1.27. The van der Waals surface area contributed by atoms with Gasteiger partial charge in [-0.05, 0) is 66.8 Å².